The van der Waals surface area contributed by atoms with Crippen molar-refractivity contribution in [2.24, 2.45) is 0 Å². The molecule has 212 valence electrons. The van der Waals surface area contributed by atoms with Crippen LogP contribution in [0.4, 0.5) is 17.6 Å². The lowest BCUT2D eigenvalue weighted by atomic mass is 9.86. The highest BCUT2D eigenvalue weighted by atomic mass is 79.9. The van der Waals surface area contributed by atoms with E-state index < -0.39 is 17.8 Å². The molecule has 0 radical (unpaired) electrons. The molecular weight excluding hydrogens is 656 g/mol. The number of carboxylic acids is 1. The number of benzene rings is 3. The summed E-state index contributed by atoms with van der Waals surface area (Å²) in [5.74, 6) is -5.88. The first kappa shape index (κ1) is 30.4. The van der Waals surface area contributed by atoms with Crippen molar-refractivity contribution < 1.29 is 32.3 Å². The summed E-state index contributed by atoms with van der Waals surface area (Å²) >= 11 is 6.87. The van der Waals surface area contributed by atoms with Crippen molar-refractivity contribution in [3.05, 3.63) is 102 Å². The van der Waals surface area contributed by atoms with E-state index in [-0.39, 0.29) is 37.7 Å². The number of rotatable bonds is 1. The van der Waals surface area contributed by atoms with E-state index in [0.717, 1.165) is 26.5 Å². The number of carbonyl (C=O) groups excluding carboxylic acids is 1. The zero-order valence-electron chi connectivity index (χ0n) is 21.6. The first-order valence-electron chi connectivity index (χ1n) is 13.0. The molecule has 3 aromatic carbocycles. The highest BCUT2D eigenvalue weighted by Crippen LogP contribution is 2.36. The first-order chi connectivity index (χ1) is 18.8. The Morgan fingerprint density at radius 1 is 0.675 bits per heavy atom. The average Bonchev–Trinajstić information content (AvgIpc) is 2.88. The summed E-state index contributed by atoms with van der Waals surface area (Å²) in [6, 6.07) is 16.1. The smallest absolute Gasteiger partial charge is 0.335 e. The Hall–Kier alpha value is -2.52. The Morgan fingerprint density at radius 2 is 1.15 bits per heavy atom. The minimum absolute atomic E-state index is 0.0252. The van der Waals surface area contributed by atoms with Gasteiger partial charge in [0.15, 0.2) is 0 Å². The predicted octanol–water partition coefficient (Wildman–Crippen LogP) is 8.59. The van der Waals surface area contributed by atoms with Gasteiger partial charge in [-0.1, -0.05) is 68.3 Å². The van der Waals surface area contributed by atoms with Gasteiger partial charge in [0, 0.05) is 47.5 Å². The van der Waals surface area contributed by atoms with E-state index in [4.69, 9.17) is 5.11 Å². The number of aromatic carboxylic acids is 1. The van der Waals surface area contributed by atoms with Crippen LogP contribution in [0.3, 0.4) is 0 Å². The summed E-state index contributed by atoms with van der Waals surface area (Å²) in [5, 5.41) is 8.88. The van der Waals surface area contributed by atoms with Gasteiger partial charge in [-0.15, -0.1) is 0 Å². The lowest BCUT2D eigenvalue weighted by Crippen LogP contribution is -2.27. The topological polar surface area (TPSA) is 54.4 Å². The van der Waals surface area contributed by atoms with E-state index in [9.17, 15) is 27.2 Å². The molecule has 0 saturated heterocycles. The van der Waals surface area contributed by atoms with Gasteiger partial charge in [-0.05, 0) is 70.8 Å². The first-order valence-corrected chi connectivity index (χ1v) is 14.6. The van der Waals surface area contributed by atoms with Crippen LogP contribution in [0.1, 0.15) is 63.0 Å². The molecule has 0 saturated carbocycles. The molecule has 3 aliphatic rings. The van der Waals surface area contributed by atoms with E-state index in [2.05, 4.69) is 31.9 Å². The van der Waals surface area contributed by atoms with Crippen LogP contribution in [-0.2, 0) is 43.3 Å². The van der Waals surface area contributed by atoms with Crippen molar-refractivity contribution in [2.75, 3.05) is 0 Å². The summed E-state index contributed by atoms with van der Waals surface area (Å²) in [4.78, 5) is 22.0. The Labute approximate surface area is 247 Å². The number of fused-ring (bicyclic) bond motifs is 3. The van der Waals surface area contributed by atoms with Gasteiger partial charge in [0.25, 0.3) is 11.8 Å². The zero-order chi connectivity index (χ0) is 29.1. The third-order valence-electron chi connectivity index (χ3n) is 7.36. The summed E-state index contributed by atoms with van der Waals surface area (Å²) in [7, 11) is 0. The summed E-state index contributed by atoms with van der Waals surface area (Å²) in [6.45, 7) is 0. The van der Waals surface area contributed by atoms with Crippen molar-refractivity contribution in [1.29, 1.82) is 0 Å². The number of hydrogen-bond acceptors (Lipinski definition) is 2. The van der Waals surface area contributed by atoms with Crippen molar-refractivity contribution in [1.82, 2.24) is 0 Å². The van der Waals surface area contributed by atoms with Gasteiger partial charge in [0.05, 0.1) is 5.56 Å². The molecule has 9 heteroatoms. The van der Waals surface area contributed by atoms with Crippen LogP contribution < -0.4 is 0 Å². The van der Waals surface area contributed by atoms with Gasteiger partial charge >= 0.3 is 5.97 Å². The molecule has 40 heavy (non-hydrogen) atoms. The molecule has 0 fully saturated rings. The van der Waals surface area contributed by atoms with Gasteiger partial charge in [-0.2, -0.15) is 0 Å². The van der Waals surface area contributed by atoms with E-state index in [1.807, 2.05) is 30.3 Å². The molecule has 3 aromatic rings. The number of halogens is 6. The molecule has 1 N–H and O–H groups in total. The minimum Gasteiger partial charge on any atom is -0.478 e. The third kappa shape index (κ3) is 7.60. The average molecular weight is 684 g/mol. The number of Topliss-reactive ketones (excluding diaryl/α,β-unsaturated/α-hetero) is 1. The Balaban J connectivity index is 0.000000140. The van der Waals surface area contributed by atoms with Crippen LogP contribution in [0, 0.1) is 0 Å². The monoisotopic (exact) mass is 682 g/mol. The van der Waals surface area contributed by atoms with E-state index in [1.54, 1.807) is 12.1 Å². The van der Waals surface area contributed by atoms with Gasteiger partial charge in [-0.25, -0.2) is 22.4 Å². The molecule has 0 atom stereocenters. The highest BCUT2D eigenvalue weighted by Gasteiger charge is 2.35. The fraction of sp³-hybridized carbons (Fsp3) is 0.355. The summed E-state index contributed by atoms with van der Waals surface area (Å²) < 4.78 is 54.2. The number of alkyl halides is 4. The normalized spacial score (nSPS) is 18.0. The maximum Gasteiger partial charge on any atom is 0.335 e. The molecule has 0 bridgehead atoms. The summed E-state index contributed by atoms with van der Waals surface area (Å²) in [6.07, 6.45) is 2.10. The summed E-state index contributed by atoms with van der Waals surface area (Å²) in [5.41, 5.74) is 5.53. The highest BCUT2D eigenvalue weighted by molar-refractivity contribution is 9.10. The molecule has 0 spiro atoms. The van der Waals surface area contributed by atoms with E-state index in [1.165, 1.54) is 23.3 Å². The number of ketones is 1. The molecule has 0 aliphatic heterocycles. The lowest BCUT2D eigenvalue weighted by molar-refractivity contribution is -0.118. The van der Waals surface area contributed by atoms with Crippen molar-refractivity contribution in [3.8, 4) is 0 Å². The second kappa shape index (κ2) is 12.6. The number of carboxylic acid groups (broad SMARTS) is 1. The predicted molar refractivity (Wildman–Crippen MR) is 153 cm³/mol. The van der Waals surface area contributed by atoms with Gasteiger partial charge < -0.3 is 5.11 Å². The number of carbonyl (C=O) groups is 2. The Kier molecular flexibility index (Phi) is 9.55. The maximum atomic E-state index is 13.1. The second-order valence-electron chi connectivity index (χ2n) is 10.3. The molecule has 3 nitrogen and oxygen atoms in total. The Morgan fingerprint density at radius 3 is 1.73 bits per heavy atom. The van der Waals surface area contributed by atoms with Crippen LogP contribution in [-0.4, -0.2) is 28.7 Å². The zero-order valence-corrected chi connectivity index (χ0v) is 24.8. The maximum absolute atomic E-state index is 13.1. The van der Waals surface area contributed by atoms with Crippen molar-refractivity contribution >= 4 is 43.6 Å². The number of hydrogen-bond donors (Lipinski definition) is 1. The van der Waals surface area contributed by atoms with Gasteiger partial charge in [-0.3, -0.25) is 4.79 Å². The second-order valence-corrected chi connectivity index (χ2v) is 12.0. The van der Waals surface area contributed by atoms with E-state index >= 15 is 0 Å². The van der Waals surface area contributed by atoms with Gasteiger partial charge in [0.1, 0.15) is 5.78 Å². The molecule has 0 amide bonds. The molecule has 0 unspecified atom stereocenters. The molecule has 0 aromatic heterocycles. The standard InChI is InChI=1S/C11H10F2O2.C10H9BrF2.C10H9BrO/c12-11(13)5-4-8-7(6-11)2-1-3-9(8)10(14)15;11-9-3-1-2-7-6-10(12,13)5-4-8(7)9;11-10-3-1-2-7-6-8(12)4-5-9(7)10/h1-3H,4-6H2,(H,14,15);1-3H,4-6H2;1-3H,4-6H2. The SMILES string of the molecule is FC1(F)CCc2c(Br)cccc2C1.O=C(O)c1cccc2c1CCC(F)(F)C2.O=C1CCc2c(Br)cccc2C1. The lowest BCUT2D eigenvalue weighted by Gasteiger charge is -2.25. The fourth-order valence-corrected chi connectivity index (χ4v) is 6.52. The molecular formula is C31H28Br2F4O3. The largest absolute Gasteiger partial charge is 0.478 e. The third-order valence-corrected chi connectivity index (χ3v) is 8.84. The quantitative estimate of drug-likeness (QED) is 0.262. The molecule has 0 heterocycles. The molecule has 6 rings (SSSR count). The fourth-order valence-electron chi connectivity index (χ4n) is 5.31. The van der Waals surface area contributed by atoms with Crippen molar-refractivity contribution in [3.63, 3.8) is 0 Å². The van der Waals surface area contributed by atoms with Crippen LogP contribution in [0.15, 0.2) is 63.5 Å². The molecule has 3 aliphatic carbocycles. The van der Waals surface area contributed by atoms with Crippen molar-refractivity contribution in [2.45, 2.75) is 69.6 Å². The van der Waals surface area contributed by atoms with Gasteiger partial charge in [0.2, 0.25) is 0 Å². The Bertz CT molecular complexity index is 1420. The van der Waals surface area contributed by atoms with Crippen LogP contribution in [0.25, 0.3) is 0 Å². The van der Waals surface area contributed by atoms with Crippen LogP contribution in [0.5, 0.6) is 0 Å². The van der Waals surface area contributed by atoms with E-state index in [0.29, 0.717) is 36.2 Å². The minimum atomic E-state index is -2.69. The van der Waals surface area contributed by atoms with Crippen LogP contribution >= 0.6 is 31.9 Å². The van der Waals surface area contributed by atoms with Crippen LogP contribution in [0.2, 0.25) is 0 Å².